The summed E-state index contributed by atoms with van der Waals surface area (Å²) in [6.45, 7) is 3.04. The number of nitrogens with one attached hydrogen (secondary N) is 1. The van der Waals surface area contributed by atoms with Crippen LogP contribution in [0.1, 0.15) is 10.6 Å². The van der Waals surface area contributed by atoms with Gasteiger partial charge in [-0.05, 0) is 31.2 Å². The minimum atomic E-state index is 0.304. The summed E-state index contributed by atoms with van der Waals surface area (Å²) < 4.78 is 12.1. The second-order valence-electron chi connectivity index (χ2n) is 4.92. The number of aryl methyl sites for hydroxylation is 1. The van der Waals surface area contributed by atoms with E-state index >= 15 is 0 Å². The quantitative estimate of drug-likeness (QED) is 0.795. The first-order chi connectivity index (χ1) is 10.3. The highest BCUT2D eigenvalue weighted by molar-refractivity contribution is 7.18. The number of hydrogen-bond acceptors (Lipinski definition) is 5. The van der Waals surface area contributed by atoms with Gasteiger partial charge in [-0.3, -0.25) is 0 Å². The number of thiazole rings is 1. The Hall–Kier alpha value is -2.27. The van der Waals surface area contributed by atoms with Crippen LogP contribution in [0, 0.1) is 6.92 Å². The third kappa shape index (κ3) is 2.29. The van der Waals surface area contributed by atoms with Crippen LogP contribution in [0.5, 0.6) is 11.5 Å². The Kier molecular flexibility index (Phi) is 2.93. The van der Waals surface area contributed by atoms with Crippen LogP contribution in [-0.2, 0) is 6.54 Å². The van der Waals surface area contributed by atoms with Gasteiger partial charge in [-0.15, -0.1) is 11.3 Å². The number of benzene rings is 2. The highest BCUT2D eigenvalue weighted by atomic mass is 32.1. The summed E-state index contributed by atoms with van der Waals surface area (Å²) in [5, 5.41) is 4.53. The summed E-state index contributed by atoms with van der Waals surface area (Å²) in [7, 11) is 0. The summed E-state index contributed by atoms with van der Waals surface area (Å²) in [6, 6.07) is 12.2. The Morgan fingerprint density at radius 3 is 3.14 bits per heavy atom. The molecule has 106 valence electrons. The molecule has 2 aromatic carbocycles. The van der Waals surface area contributed by atoms with E-state index < -0.39 is 0 Å². The van der Waals surface area contributed by atoms with Gasteiger partial charge < -0.3 is 14.8 Å². The monoisotopic (exact) mass is 298 g/mol. The molecule has 2 heterocycles. The largest absolute Gasteiger partial charge is 0.454 e. The molecular weight excluding hydrogens is 284 g/mol. The molecule has 3 aromatic rings. The van der Waals surface area contributed by atoms with Gasteiger partial charge >= 0.3 is 0 Å². The predicted molar refractivity (Wildman–Crippen MR) is 84.2 cm³/mol. The molecule has 1 aliphatic rings. The standard InChI is InChI=1S/C16H14N2O2S/c1-10-18-13-6-5-12(7-15(13)21-10)17-8-11-3-2-4-14-16(11)20-9-19-14/h2-7,17H,8-9H2,1H3. The lowest BCUT2D eigenvalue weighted by Crippen LogP contribution is -2.01. The normalized spacial score (nSPS) is 12.8. The van der Waals surface area contributed by atoms with Gasteiger partial charge in [0.25, 0.3) is 0 Å². The molecule has 0 saturated heterocycles. The molecular formula is C16H14N2O2S. The average molecular weight is 298 g/mol. The molecule has 5 heteroatoms. The Morgan fingerprint density at radius 2 is 2.19 bits per heavy atom. The number of nitrogens with zero attached hydrogens (tertiary/aromatic N) is 1. The molecule has 0 saturated carbocycles. The number of ether oxygens (including phenoxy) is 2. The highest BCUT2D eigenvalue weighted by Crippen LogP contribution is 2.35. The smallest absolute Gasteiger partial charge is 0.231 e. The zero-order chi connectivity index (χ0) is 14.2. The summed E-state index contributed by atoms with van der Waals surface area (Å²) in [4.78, 5) is 4.47. The summed E-state index contributed by atoms with van der Waals surface area (Å²) >= 11 is 1.71. The number of para-hydroxylation sites is 1. The molecule has 0 bridgehead atoms. The summed E-state index contributed by atoms with van der Waals surface area (Å²) in [5.41, 5.74) is 3.24. The zero-order valence-electron chi connectivity index (χ0n) is 11.6. The fourth-order valence-electron chi connectivity index (χ4n) is 2.48. The van der Waals surface area contributed by atoms with Gasteiger partial charge in [-0.2, -0.15) is 0 Å². The van der Waals surface area contributed by atoms with Crippen LogP contribution in [-0.4, -0.2) is 11.8 Å². The van der Waals surface area contributed by atoms with Gasteiger partial charge in [0, 0.05) is 17.8 Å². The molecule has 1 aromatic heterocycles. The topological polar surface area (TPSA) is 43.4 Å². The first kappa shape index (κ1) is 12.5. The SMILES string of the molecule is Cc1nc2ccc(NCc3cccc4c3OCO4)cc2s1. The van der Waals surface area contributed by atoms with Crippen molar-refractivity contribution in [2.45, 2.75) is 13.5 Å². The van der Waals surface area contributed by atoms with E-state index in [2.05, 4.69) is 34.6 Å². The number of aromatic nitrogens is 1. The summed E-state index contributed by atoms with van der Waals surface area (Å²) in [6.07, 6.45) is 0. The molecule has 0 aliphatic carbocycles. The predicted octanol–water partition coefficient (Wildman–Crippen LogP) is 3.95. The van der Waals surface area contributed by atoms with Crippen LogP contribution in [0.2, 0.25) is 0 Å². The fraction of sp³-hybridized carbons (Fsp3) is 0.188. The number of fused-ring (bicyclic) bond motifs is 2. The van der Waals surface area contributed by atoms with Crippen molar-refractivity contribution in [3.8, 4) is 11.5 Å². The number of rotatable bonds is 3. The summed E-state index contributed by atoms with van der Waals surface area (Å²) in [5.74, 6) is 1.67. The van der Waals surface area contributed by atoms with Gasteiger partial charge in [0.15, 0.2) is 11.5 Å². The third-order valence-electron chi connectivity index (χ3n) is 3.46. The first-order valence-corrected chi connectivity index (χ1v) is 7.60. The van der Waals surface area contributed by atoms with E-state index in [1.54, 1.807) is 11.3 Å². The first-order valence-electron chi connectivity index (χ1n) is 6.78. The molecule has 4 nitrogen and oxygen atoms in total. The van der Waals surface area contributed by atoms with E-state index in [1.807, 2.05) is 19.1 Å². The Bertz CT molecular complexity index is 813. The van der Waals surface area contributed by atoms with Gasteiger partial charge in [0.05, 0.1) is 15.2 Å². The average Bonchev–Trinajstić information content (AvgIpc) is 3.09. The van der Waals surface area contributed by atoms with Crippen LogP contribution in [0.25, 0.3) is 10.2 Å². The Morgan fingerprint density at radius 1 is 1.24 bits per heavy atom. The molecule has 1 N–H and O–H groups in total. The van der Waals surface area contributed by atoms with E-state index in [9.17, 15) is 0 Å². The fourth-order valence-corrected chi connectivity index (χ4v) is 3.34. The lowest BCUT2D eigenvalue weighted by Gasteiger charge is -2.08. The molecule has 4 rings (SSSR count). The maximum Gasteiger partial charge on any atom is 0.231 e. The minimum Gasteiger partial charge on any atom is -0.454 e. The lowest BCUT2D eigenvalue weighted by molar-refractivity contribution is 0.173. The molecule has 0 atom stereocenters. The molecule has 1 aliphatic heterocycles. The van der Waals surface area contributed by atoms with E-state index in [4.69, 9.17) is 9.47 Å². The van der Waals surface area contributed by atoms with Crippen molar-refractivity contribution < 1.29 is 9.47 Å². The Labute approximate surface area is 126 Å². The van der Waals surface area contributed by atoms with E-state index in [0.29, 0.717) is 13.3 Å². The second-order valence-corrected chi connectivity index (χ2v) is 6.15. The van der Waals surface area contributed by atoms with Crippen molar-refractivity contribution in [3.63, 3.8) is 0 Å². The van der Waals surface area contributed by atoms with Gasteiger partial charge in [-0.25, -0.2) is 4.98 Å². The van der Waals surface area contributed by atoms with Crippen molar-refractivity contribution >= 4 is 27.2 Å². The van der Waals surface area contributed by atoms with Crippen molar-refractivity contribution in [1.29, 1.82) is 0 Å². The Balaban J connectivity index is 1.57. The van der Waals surface area contributed by atoms with Crippen molar-refractivity contribution in [3.05, 3.63) is 47.0 Å². The van der Waals surface area contributed by atoms with Crippen molar-refractivity contribution in [1.82, 2.24) is 4.98 Å². The molecule has 0 fully saturated rings. The van der Waals surface area contributed by atoms with Crippen LogP contribution >= 0.6 is 11.3 Å². The molecule has 0 amide bonds. The van der Waals surface area contributed by atoms with Crippen molar-refractivity contribution in [2.24, 2.45) is 0 Å². The van der Waals surface area contributed by atoms with E-state index in [-0.39, 0.29) is 0 Å². The highest BCUT2D eigenvalue weighted by Gasteiger charge is 2.16. The maximum atomic E-state index is 5.52. The van der Waals surface area contributed by atoms with E-state index in [0.717, 1.165) is 33.3 Å². The van der Waals surface area contributed by atoms with Gasteiger partial charge in [0.1, 0.15) is 0 Å². The van der Waals surface area contributed by atoms with Crippen LogP contribution in [0.15, 0.2) is 36.4 Å². The van der Waals surface area contributed by atoms with Crippen LogP contribution < -0.4 is 14.8 Å². The number of hydrogen-bond donors (Lipinski definition) is 1. The molecule has 0 unspecified atom stereocenters. The van der Waals surface area contributed by atoms with Gasteiger partial charge in [-0.1, -0.05) is 12.1 Å². The van der Waals surface area contributed by atoms with Crippen LogP contribution in [0.4, 0.5) is 5.69 Å². The zero-order valence-corrected chi connectivity index (χ0v) is 12.4. The van der Waals surface area contributed by atoms with Crippen LogP contribution in [0.3, 0.4) is 0 Å². The third-order valence-corrected chi connectivity index (χ3v) is 4.39. The lowest BCUT2D eigenvalue weighted by atomic mass is 10.2. The van der Waals surface area contributed by atoms with Crippen molar-refractivity contribution in [2.75, 3.05) is 12.1 Å². The molecule has 0 radical (unpaired) electrons. The minimum absolute atomic E-state index is 0.304. The molecule has 0 spiro atoms. The maximum absolute atomic E-state index is 5.52. The number of anilines is 1. The molecule has 21 heavy (non-hydrogen) atoms. The van der Waals surface area contributed by atoms with Gasteiger partial charge in [0.2, 0.25) is 6.79 Å². The van der Waals surface area contributed by atoms with E-state index in [1.165, 1.54) is 4.70 Å². The second kappa shape index (κ2) is 4.93.